The lowest BCUT2D eigenvalue weighted by atomic mass is 10.2. The number of para-hydroxylation sites is 1. The molecule has 1 saturated heterocycles. The molecule has 9 heteroatoms. The average molecular weight is 430 g/mol. The summed E-state index contributed by atoms with van der Waals surface area (Å²) < 4.78 is 5.77. The maximum atomic E-state index is 12.5. The van der Waals surface area contributed by atoms with Gasteiger partial charge in [0.2, 0.25) is 5.91 Å². The third kappa shape index (κ3) is 4.77. The van der Waals surface area contributed by atoms with E-state index in [0.29, 0.717) is 27.8 Å². The maximum Gasteiger partial charge on any atom is 0.334 e. The van der Waals surface area contributed by atoms with Gasteiger partial charge in [-0.15, -0.1) is 0 Å². The molecule has 156 valence electrons. The number of nitrogens with zero attached hydrogens (tertiary/aromatic N) is 2. The molecule has 1 fully saturated rings. The first-order chi connectivity index (χ1) is 14.4. The van der Waals surface area contributed by atoms with Crippen LogP contribution in [0.4, 0.5) is 10.5 Å². The van der Waals surface area contributed by atoms with E-state index in [1.807, 2.05) is 13.0 Å². The Hall–Kier alpha value is -3.39. The number of amides is 5. The quantitative estimate of drug-likeness (QED) is 0.510. The molecule has 1 aliphatic heterocycles. The number of carbonyl (C=O) groups excluding carboxylic acids is 4. The lowest BCUT2D eigenvalue weighted by Gasteiger charge is -2.16. The normalized spacial score (nSPS) is 13.7. The average Bonchev–Trinajstić information content (AvgIpc) is 2.92. The second-order valence-electron chi connectivity index (χ2n) is 6.59. The number of hydrogen-bond acceptors (Lipinski definition) is 5. The second kappa shape index (κ2) is 9.41. The standard InChI is InChI=1S/C21H20ClN3O5/c1-2-3-11-24-19(27)20(28)25(21(24)29)13-18(26)23-16-12-14(22)9-10-17(16)30-15-7-5-4-6-8-15/h4-10,12H,2-3,11,13H2,1H3,(H,23,26). The highest BCUT2D eigenvalue weighted by Gasteiger charge is 2.44. The highest BCUT2D eigenvalue weighted by atomic mass is 35.5. The Bertz CT molecular complexity index is 980. The van der Waals surface area contributed by atoms with E-state index in [4.69, 9.17) is 16.3 Å². The molecular formula is C21H20ClN3O5. The first kappa shape index (κ1) is 21.3. The minimum atomic E-state index is -1.02. The predicted molar refractivity (Wildman–Crippen MR) is 110 cm³/mol. The molecule has 30 heavy (non-hydrogen) atoms. The Kier molecular flexibility index (Phi) is 6.68. The molecule has 2 aromatic rings. The molecule has 0 unspecified atom stereocenters. The summed E-state index contributed by atoms with van der Waals surface area (Å²) in [6.07, 6.45) is 1.33. The van der Waals surface area contributed by atoms with Gasteiger partial charge < -0.3 is 10.1 Å². The molecule has 0 radical (unpaired) electrons. The molecule has 0 saturated carbocycles. The summed E-state index contributed by atoms with van der Waals surface area (Å²) in [5, 5.41) is 2.95. The Morgan fingerprint density at radius 3 is 2.43 bits per heavy atom. The third-order valence-electron chi connectivity index (χ3n) is 4.36. The van der Waals surface area contributed by atoms with Crippen molar-refractivity contribution in [3.8, 4) is 11.5 Å². The van der Waals surface area contributed by atoms with Crippen LogP contribution in [-0.4, -0.2) is 46.6 Å². The number of hydrogen-bond donors (Lipinski definition) is 1. The number of imide groups is 2. The summed E-state index contributed by atoms with van der Waals surface area (Å²) in [6.45, 7) is 1.45. The van der Waals surface area contributed by atoms with Crippen molar-refractivity contribution in [3.63, 3.8) is 0 Å². The molecule has 0 aromatic heterocycles. The van der Waals surface area contributed by atoms with Crippen LogP contribution in [0.2, 0.25) is 5.02 Å². The molecule has 8 nitrogen and oxygen atoms in total. The maximum absolute atomic E-state index is 12.5. The summed E-state index contributed by atoms with van der Waals surface area (Å²) in [7, 11) is 0. The highest BCUT2D eigenvalue weighted by molar-refractivity contribution is 6.45. The van der Waals surface area contributed by atoms with E-state index in [1.54, 1.807) is 36.4 Å². The van der Waals surface area contributed by atoms with E-state index in [2.05, 4.69) is 5.32 Å². The first-order valence-electron chi connectivity index (χ1n) is 9.40. The van der Waals surface area contributed by atoms with Crippen molar-refractivity contribution in [1.29, 1.82) is 0 Å². The van der Waals surface area contributed by atoms with Crippen LogP contribution in [0.25, 0.3) is 0 Å². The van der Waals surface area contributed by atoms with Crippen LogP contribution in [0.15, 0.2) is 48.5 Å². The number of unbranched alkanes of at least 4 members (excludes halogenated alkanes) is 1. The van der Waals surface area contributed by atoms with E-state index < -0.39 is 30.3 Å². The highest BCUT2D eigenvalue weighted by Crippen LogP contribution is 2.32. The third-order valence-corrected chi connectivity index (χ3v) is 4.59. The Morgan fingerprint density at radius 2 is 1.73 bits per heavy atom. The topological polar surface area (TPSA) is 96.0 Å². The van der Waals surface area contributed by atoms with Crippen molar-refractivity contribution in [3.05, 3.63) is 53.6 Å². The summed E-state index contributed by atoms with van der Waals surface area (Å²) in [5.41, 5.74) is 0.268. The number of nitrogens with one attached hydrogen (secondary N) is 1. The molecule has 2 aromatic carbocycles. The fourth-order valence-corrected chi connectivity index (χ4v) is 3.01. The minimum absolute atomic E-state index is 0.140. The Morgan fingerprint density at radius 1 is 1.03 bits per heavy atom. The molecule has 1 aliphatic rings. The Balaban J connectivity index is 1.72. The predicted octanol–water partition coefficient (Wildman–Crippen LogP) is 3.66. The van der Waals surface area contributed by atoms with Gasteiger partial charge in [0.25, 0.3) is 0 Å². The zero-order valence-corrected chi connectivity index (χ0v) is 17.0. The molecule has 0 aliphatic carbocycles. The molecule has 0 bridgehead atoms. The fourth-order valence-electron chi connectivity index (χ4n) is 2.84. The van der Waals surface area contributed by atoms with Gasteiger partial charge in [-0.2, -0.15) is 0 Å². The monoisotopic (exact) mass is 429 g/mol. The number of halogens is 1. The SMILES string of the molecule is CCCCN1C(=O)C(=O)N(CC(=O)Nc2cc(Cl)ccc2Oc2ccccc2)C1=O. The van der Waals surface area contributed by atoms with Gasteiger partial charge in [-0.3, -0.25) is 19.3 Å². The van der Waals surface area contributed by atoms with Crippen molar-refractivity contribution in [1.82, 2.24) is 9.80 Å². The molecule has 0 atom stereocenters. The van der Waals surface area contributed by atoms with Crippen LogP contribution in [0.5, 0.6) is 11.5 Å². The second-order valence-corrected chi connectivity index (χ2v) is 7.02. The van der Waals surface area contributed by atoms with Crippen molar-refractivity contribution < 1.29 is 23.9 Å². The first-order valence-corrected chi connectivity index (χ1v) is 9.78. The van der Waals surface area contributed by atoms with E-state index in [-0.39, 0.29) is 12.2 Å². The van der Waals surface area contributed by atoms with Crippen LogP contribution in [-0.2, 0) is 14.4 Å². The van der Waals surface area contributed by atoms with Gasteiger partial charge in [-0.05, 0) is 36.8 Å². The minimum Gasteiger partial charge on any atom is -0.455 e. The number of benzene rings is 2. The summed E-state index contributed by atoms with van der Waals surface area (Å²) >= 11 is 6.03. The van der Waals surface area contributed by atoms with Crippen LogP contribution >= 0.6 is 11.6 Å². The molecule has 1 heterocycles. The van der Waals surface area contributed by atoms with Gasteiger partial charge in [-0.1, -0.05) is 43.1 Å². The van der Waals surface area contributed by atoms with Gasteiger partial charge in [0.15, 0.2) is 5.75 Å². The number of ether oxygens (including phenoxy) is 1. The Labute approximate surface area is 178 Å². The number of urea groups is 1. The van der Waals surface area contributed by atoms with E-state index in [9.17, 15) is 19.2 Å². The smallest absolute Gasteiger partial charge is 0.334 e. The van der Waals surface area contributed by atoms with Crippen molar-refractivity contribution >= 4 is 41.0 Å². The summed E-state index contributed by atoms with van der Waals surface area (Å²) in [6, 6.07) is 12.8. The van der Waals surface area contributed by atoms with E-state index >= 15 is 0 Å². The van der Waals surface area contributed by atoms with Crippen molar-refractivity contribution in [2.75, 3.05) is 18.4 Å². The van der Waals surface area contributed by atoms with Crippen molar-refractivity contribution in [2.24, 2.45) is 0 Å². The van der Waals surface area contributed by atoms with Gasteiger partial charge in [0, 0.05) is 11.6 Å². The number of anilines is 1. The molecule has 0 spiro atoms. The molecule has 5 amide bonds. The fraction of sp³-hybridized carbons (Fsp3) is 0.238. The van der Waals surface area contributed by atoms with Gasteiger partial charge in [0.05, 0.1) is 5.69 Å². The largest absolute Gasteiger partial charge is 0.455 e. The molecule has 3 rings (SSSR count). The molecule has 1 N–H and O–H groups in total. The van der Waals surface area contributed by atoms with E-state index in [0.717, 1.165) is 11.3 Å². The summed E-state index contributed by atoms with van der Waals surface area (Å²) in [5.74, 6) is -1.71. The molecular weight excluding hydrogens is 410 g/mol. The number of rotatable bonds is 8. The summed E-state index contributed by atoms with van der Waals surface area (Å²) in [4.78, 5) is 50.5. The van der Waals surface area contributed by atoms with Crippen LogP contribution in [0, 0.1) is 0 Å². The van der Waals surface area contributed by atoms with Crippen molar-refractivity contribution in [2.45, 2.75) is 19.8 Å². The van der Waals surface area contributed by atoms with Gasteiger partial charge >= 0.3 is 17.8 Å². The van der Waals surface area contributed by atoms with Crippen LogP contribution < -0.4 is 10.1 Å². The zero-order chi connectivity index (χ0) is 21.7. The van der Waals surface area contributed by atoms with Crippen LogP contribution in [0.3, 0.4) is 0 Å². The van der Waals surface area contributed by atoms with E-state index in [1.165, 1.54) is 6.07 Å². The van der Waals surface area contributed by atoms with Gasteiger partial charge in [0.1, 0.15) is 12.3 Å². The van der Waals surface area contributed by atoms with Crippen LogP contribution in [0.1, 0.15) is 19.8 Å². The van der Waals surface area contributed by atoms with Gasteiger partial charge in [-0.25, -0.2) is 9.69 Å². The number of carbonyl (C=O) groups is 4. The zero-order valence-electron chi connectivity index (χ0n) is 16.3. The lowest BCUT2D eigenvalue weighted by molar-refractivity contribution is -0.143. The lowest BCUT2D eigenvalue weighted by Crippen LogP contribution is -2.39.